The first-order valence-corrected chi connectivity index (χ1v) is 8.81. The number of aryl methyl sites for hydroxylation is 1. The number of nitrogens with one attached hydrogen (secondary N) is 2. The summed E-state index contributed by atoms with van der Waals surface area (Å²) in [5, 5.41) is 14.5. The standard InChI is InChI=1S/C16H24N2O2S/c19-10-4-11-21-12-9-17-16(20)18-15-8-3-6-13-5-1-2-7-14(13)15/h3,6,8,19H,1-2,4-5,7,9-12H2,(H2,17,18,20). The Morgan fingerprint density at radius 3 is 2.95 bits per heavy atom. The monoisotopic (exact) mass is 308 g/mol. The van der Waals surface area contributed by atoms with Gasteiger partial charge < -0.3 is 15.7 Å². The fourth-order valence-corrected chi connectivity index (χ4v) is 3.35. The number of urea groups is 1. The number of aliphatic hydroxyl groups excluding tert-OH is 1. The summed E-state index contributed by atoms with van der Waals surface area (Å²) in [6.07, 6.45) is 5.44. The molecule has 1 aliphatic rings. The molecule has 0 unspecified atom stereocenters. The average Bonchev–Trinajstić information content (AvgIpc) is 2.51. The summed E-state index contributed by atoms with van der Waals surface area (Å²) in [6.45, 7) is 0.886. The topological polar surface area (TPSA) is 61.4 Å². The number of aliphatic hydroxyl groups is 1. The summed E-state index contributed by atoms with van der Waals surface area (Å²) in [5.41, 5.74) is 3.63. The Labute approximate surface area is 130 Å². The fraction of sp³-hybridized carbons (Fsp3) is 0.562. The van der Waals surface area contributed by atoms with E-state index in [1.165, 1.54) is 24.0 Å². The van der Waals surface area contributed by atoms with Gasteiger partial charge in [0.25, 0.3) is 0 Å². The average molecular weight is 308 g/mol. The van der Waals surface area contributed by atoms with Gasteiger partial charge in [-0.15, -0.1) is 0 Å². The van der Waals surface area contributed by atoms with Gasteiger partial charge in [0.2, 0.25) is 0 Å². The summed E-state index contributed by atoms with van der Waals surface area (Å²) in [5.74, 6) is 1.81. The van der Waals surface area contributed by atoms with Crippen molar-refractivity contribution in [1.29, 1.82) is 0 Å². The molecular formula is C16H24N2O2S. The summed E-state index contributed by atoms with van der Waals surface area (Å²) >= 11 is 1.75. The quantitative estimate of drug-likeness (QED) is 0.679. The Balaban J connectivity index is 1.75. The second-order valence-electron chi connectivity index (χ2n) is 5.22. The molecular weight excluding hydrogens is 284 g/mol. The van der Waals surface area contributed by atoms with Gasteiger partial charge in [-0.2, -0.15) is 11.8 Å². The van der Waals surface area contributed by atoms with E-state index in [1.54, 1.807) is 11.8 Å². The van der Waals surface area contributed by atoms with Gasteiger partial charge in [-0.25, -0.2) is 4.79 Å². The van der Waals surface area contributed by atoms with Crippen molar-refractivity contribution in [3.63, 3.8) is 0 Å². The largest absolute Gasteiger partial charge is 0.396 e. The Hall–Kier alpha value is -1.20. The zero-order valence-corrected chi connectivity index (χ0v) is 13.2. The minimum absolute atomic E-state index is 0.128. The van der Waals surface area contributed by atoms with E-state index < -0.39 is 0 Å². The Kier molecular flexibility index (Phi) is 6.89. The third kappa shape index (κ3) is 5.25. The van der Waals surface area contributed by atoms with E-state index in [0.29, 0.717) is 6.54 Å². The van der Waals surface area contributed by atoms with Crippen LogP contribution in [-0.2, 0) is 12.8 Å². The lowest BCUT2D eigenvalue weighted by Crippen LogP contribution is -2.31. The number of thioether (sulfide) groups is 1. The van der Waals surface area contributed by atoms with Gasteiger partial charge in [0.15, 0.2) is 0 Å². The summed E-state index contributed by atoms with van der Waals surface area (Å²) < 4.78 is 0. The zero-order valence-electron chi connectivity index (χ0n) is 12.4. The highest BCUT2D eigenvalue weighted by Gasteiger charge is 2.14. The molecule has 0 atom stereocenters. The molecule has 116 valence electrons. The summed E-state index contributed by atoms with van der Waals surface area (Å²) in [6, 6.07) is 6.04. The highest BCUT2D eigenvalue weighted by Crippen LogP contribution is 2.27. The van der Waals surface area contributed by atoms with Gasteiger partial charge in [0.05, 0.1) is 0 Å². The molecule has 2 rings (SSSR count). The predicted molar refractivity (Wildman–Crippen MR) is 89.1 cm³/mol. The number of amides is 2. The molecule has 2 amide bonds. The van der Waals surface area contributed by atoms with Crippen LogP contribution in [0.3, 0.4) is 0 Å². The maximum atomic E-state index is 11.9. The molecule has 3 N–H and O–H groups in total. The minimum atomic E-state index is -0.128. The van der Waals surface area contributed by atoms with Gasteiger partial charge in [-0.1, -0.05) is 12.1 Å². The minimum Gasteiger partial charge on any atom is -0.396 e. The smallest absolute Gasteiger partial charge is 0.319 e. The van der Waals surface area contributed by atoms with Gasteiger partial charge >= 0.3 is 6.03 Å². The molecule has 0 saturated heterocycles. The van der Waals surface area contributed by atoms with Crippen molar-refractivity contribution in [2.45, 2.75) is 32.1 Å². The lowest BCUT2D eigenvalue weighted by Gasteiger charge is -2.19. The van der Waals surface area contributed by atoms with Gasteiger partial charge in [0.1, 0.15) is 0 Å². The molecule has 0 spiro atoms. The van der Waals surface area contributed by atoms with E-state index >= 15 is 0 Å². The lowest BCUT2D eigenvalue weighted by molar-refractivity contribution is 0.252. The summed E-state index contributed by atoms with van der Waals surface area (Å²) in [4.78, 5) is 11.9. The first-order chi connectivity index (χ1) is 10.3. The molecule has 0 fully saturated rings. The number of carbonyl (C=O) groups is 1. The van der Waals surface area contributed by atoms with Crippen molar-refractivity contribution < 1.29 is 9.90 Å². The third-order valence-electron chi connectivity index (χ3n) is 3.62. The highest BCUT2D eigenvalue weighted by atomic mass is 32.2. The molecule has 0 radical (unpaired) electrons. The number of carbonyl (C=O) groups excluding carboxylic acids is 1. The van der Waals surface area contributed by atoms with Gasteiger partial charge in [0, 0.05) is 24.6 Å². The van der Waals surface area contributed by atoms with Crippen molar-refractivity contribution >= 4 is 23.5 Å². The fourth-order valence-electron chi connectivity index (χ4n) is 2.57. The van der Waals surface area contributed by atoms with E-state index in [0.717, 1.165) is 36.5 Å². The van der Waals surface area contributed by atoms with E-state index in [-0.39, 0.29) is 12.6 Å². The Morgan fingerprint density at radius 1 is 1.24 bits per heavy atom. The maximum Gasteiger partial charge on any atom is 0.319 e. The first-order valence-electron chi connectivity index (χ1n) is 7.65. The molecule has 0 saturated carbocycles. The van der Waals surface area contributed by atoms with Crippen LogP contribution in [0.25, 0.3) is 0 Å². The number of fused-ring (bicyclic) bond motifs is 1. The molecule has 1 aromatic rings. The SMILES string of the molecule is O=C(NCCSCCCO)Nc1cccc2c1CCCC2. The van der Waals surface area contributed by atoms with E-state index in [9.17, 15) is 4.79 Å². The number of benzene rings is 1. The van der Waals surface area contributed by atoms with Crippen LogP contribution in [0.1, 0.15) is 30.4 Å². The van der Waals surface area contributed by atoms with Gasteiger partial charge in [-0.05, 0) is 55.1 Å². The maximum absolute atomic E-state index is 11.9. The second kappa shape index (κ2) is 8.95. The molecule has 0 bridgehead atoms. The molecule has 0 aliphatic heterocycles. The van der Waals surface area contributed by atoms with Gasteiger partial charge in [-0.3, -0.25) is 0 Å². The normalized spacial score (nSPS) is 13.6. The van der Waals surface area contributed by atoms with Crippen LogP contribution in [0, 0.1) is 0 Å². The van der Waals surface area contributed by atoms with Crippen LogP contribution in [0.2, 0.25) is 0 Å². The molecule has 4 nitrogen and oxygen atoms in total. The van der Waals surface area contributed by atoms with Crippen molar-refractivity contribution in [3.05, 3.63) is 29.3 Å². The predicted octanol–water partition coefficient (Wildman–Crippen LogP) is 2.80. The Morgan fingerprint density at radius 2 is 2.10 bits per heavy atom. The molecule has 0 heterocycles. The summed E-state index contributed by atoms with van der Waals surface area (Å²) in [7, 11) is 0. The van der Waals surface area contributed by atoms with E-state index in [2.05, 4.69) is 16.7 Å². The van der Waals surface area contributed by atoms with Crippen molar-refractivity contribution in [2.75, 3.05) is 30.0 Å². The van der Waals surface area contributed by atoms with Crippen LogP contribution in [-0.4, -0.2) is 35.8 Å². The first kappa shape index (κ1) is 16.2. The lowest BCUT2D eigenvalue weighted by atomic mass is 9.90. The molecule has 1 aliphatic carbocycles. The third-order valence-corrected chi connectivity index (χ3v) is 4.69. The van der Waals surface area contributed by atoms with Crippen molar-refractivity contribution in [1.82, 2.24) is 5.32 Å². The number of anilines is 1. The van der Waals surface area contributed by atoms with Crippen LogP contribution >= 0.6 is 11.8 Å². The molecule has 1 aromatic carbocycles. The van der Waals surface area contributed by atoms with Crippen molar-refractivity contribution in [2.24, 2.45) is 0 Å². The van der Waals surface area contributed by atoms with E-state index in [1.807, 2.05) is 12.1 Å². The molecule has 0 aromatic heterocycles. The second-order valence-corrected chi connectivity index (χ2v) is 6.45. The van der Waals surface area contributed by atoms with E-state index in [4.69, 9.17) is 5.11 Å². The number of hydrogen-bond acceptors (Lipinski definition) is 3. The van der Waals surface area contributed by atoms with Crippen LogP contribution < -0.4 is 10.6 Å². The van der Waals surface area contributed by atoms with Crippen LogP contribution in [0.4, 0.5) is 10.5 Å². The molecule has 5 heteroatoms. The molecule has 21 heavy (non-hydrogen) atoms. The number of rotatable bonds is 7. The van der Waals surface area contributed by atoms with Crippen LogP contribution in [0.5, 0.6) is 0 Å². The number of hydrogen-bond donors (Lipinski definition) is 3. The zero-order chi connectivity index (χ0) is 14.9. The Bertz CT molecular complexity index is 466. The van der Waals surface area contributed by atoms with Crippen LogP contribution in [0.15, 0.2) is 18.2 Å². The van der Waals surface area contributed by atoms with Crippen molar-refractivity contribution in [3.8, 4) is 0 Å². The highest BCUT2D eigenvalue weighted by molar-refractivity contribution is 7.99.